The lowest BCUT2D eigenvalue weighted by Gasteiger charge is -2.12. The lowest BCUT2D eigenvalue weighted by Crippen LogP contribution is -2.01. The second-order valence-corrected chi connectivity index (χ2v) is 5.06. The first kappa shape index (κ1) is 12.1. The Morgan fingerprint density at radius 3 is 2.76 bits per heavy atom. The summed E-state index contributed by atoms with van der Waals surface area (Å²) in [5.41, 5.74) is 1.99. The van der Waals surface area contributed by atoms with Crippen molar-refractivity contribution in [3.8, 4) is 5.75 Å². The second kappa shape index (κ2) is 5.34. The van der Waals surface area contributed by atoms with Crippen LogP contribution in [0, 0.1) is 6.92 Å². The maximum absolute atomic E-state index is 10.1. The molecule has 1 unspecified atom stereocenters. The Hall–Kier alpha value is -1.32. The van der Waals surface area contributed by atoms with Gasteiger partial charge in [-0.25, -0.2) is 0 Å². The fourth-order valence-corrected chi connectivity index (χ4v) is 2.59. The fourth-order valence-electron chi connectivity index (χ4n) is 1.85. The molecule has 90 valence electrons. The molecule has 2 aromatic rings. The zero-order chi connectivity index (χ0) is 12.3. The number of ether oxygens (including phenoxy) is 1. The normalized spacial score (nSPS) is 12.4. The Bertz CT molecular complexity index is 477. The molecule has 1 aromatic carbocycles. The number of aryl methyl sites for hydroxylation is 1. The van der Waals surface area contributed by atoms with Crippen molar-refractivity contribution >= 4 is 11.3 Å². The Kier molecular flexibility index (Phi) is 3.82. The minimum Gasteiger partial charge on any atom is -0.496 e. The molecule has 3 heteroatoms. The van der Waals surface area contributed by atoms with Crippen molar-refractivity contribution in [2.75, 3.05) is 7.11 Å². The molecular formula is C14H16O2S. The second-order valence-electron chi connectivity index (χ2n) is 4.03. The SMILES string of the molecule is COc1ccc(C(O)Cc2cccs2)cc1C. The Morgan fingerprint density at radius 2 is 2.18 bits per heavy atom. The summed E-state index contributed by atoms with van der Waals surface area (Å²) in [5.74, 6) is 0.858. The van der Waals surface area contributed by atoms with Gasteiger partial charge in [-0.2, -0.15) is 0 Å². The van der Waals surface area contributed by atoms with Crippen LogP contribution in [0.25, 0.3) is 0 Å². The monoisotopic (exact) mass is 248 g/mol. The van der Waals surface area contributed by atoms with Gasteiger partial charge in [-0.3, -0.25) is 0 Å². The number of hydrogen-bond acceptors (Lipinski definition) is 3. The maximum atomic E-state index is 10.1. The Labute approximate surface area is 105 Å². The molecule has 1 N–H and O–H groups in total. The highest BCUT2D eigenvalue weighted by Crippen LogP contribution is 2.25. The van der Waals surface area contributed by atoms with Crippen LogP contribution in [0.15, 0.2) is 35.7 Å². The summed E-state index contributed by atoms with van der Waals surface area (Å²) >= 11 is 1.67. The fraction of sp³-hybridized carbons (Fsp3) is 0.286. The highest BCUT2D eigenvalue weighted by atomic mass is 32.1. The van der Waals surface area contributed by atoms with Crippen LogP contribution < -0.4 is 4.74 Å². The van der Waals surface area contributed by atoms with Crippen LogP contribution >= 0.6 is 11.3 Å². The number of methoxy groups -OCH3 is 1. The smallest absolute Gasteiger partial charge is 0.121 e. The number of hydrogen-bond donors (Lipinski definition) is 1. The summed E-state index contributed by atoms with van der Waals surface area (Å²) in [6.45, 7) is 1.99. The van der Waals surface area contributed by atoms with Gasteiger partial charge in [0.15, 0.2) is 0 Å². The minimum atomic E-state index is -0.446. The van der Waals surface area contributed by atoms with Gasteiger partial charge in [-0.1, -0.05) is 12.1 Å². The lowest BCUT2D eigenvalue weighted by molar-refractivity contribution is 0.179. The van der Waals surface area contributed by atoms with Gasteiger partial charge in [0, 0.05) is 11.3 Å². The molecule has 17 heavy (non-hydrogen) atoms. The van der Waals surface area contributed by atoms with Crippen molar-refractivity contribution in [2.45, 2.75) is 19.4 Å². The number of aliphatic hydroxyl groups excluding tert-OH is 1. The van der Waals surface area contributed by atoms with Crippen LogP contribution in [0.3, 0.4) is 0 Å². The Balaban J connectivity index is 2.14. The molecule has 2 nitrogen and oxygen atoms in total. The highest BCUT2D eigenvalue weighted by molar-refractivity contribution is 7.09. The van der Waals surface area contributed by atoms with Gasteiger partial charge >= 0.3 is 0 Å². The van der Waals surface area contributed by atoms with Gasteiger partial charge in [0.25, 0.3) is 0 Å². The molecule has 0 aliphatic rings. The van der Waals surface area contributed by atoms with Crippen LogP contribution in [0.5, 0.6) is 5.75 Å². The Morgan fingerprint density at radius 1 is 1.35 bits per heavy atom. The van der Waals surface area contributed by atoms with Crippen LogP contribution in [-0.4, -0.2) is 12.2 Å². The number of rotatable bonds is 4. The summed E-state index contributed by atoms with van der Waals surface area (Å²) in [6.07, 6.45) is 0.224. The van der Waals surface area contributed by atoms with E-state index in [0.29, 0.717) is 6.42 Å². The van der Waals surface area contributed by atoms with E-state index in [1.54, 1.807) is 18.4 Å². The van der Waals surface area contributed by atoms with E-state index in [2.05, 4.69) is 0 Å². The van der Waals surface area contributed by atoms with Crippen molar-refractivity contribution in [2.24, 2.45) is 0 Å². The molecule has 0 aliphatic heterocycles. The van der Waals surface area contributed by atoms with Gasteiger partial charge in [0.05, 0.1) is 13.2 Å². The molecule has 1 atom stereocenters. The van der Waals surface area contributed by atoms with E-state index in [1.165, 1.54) is 4.88 Å². The van der Waals surface area contributed by atoms with Crippen LogP contribution in [0.4, 0.5) is 0 Å². The van der Waals surface area contributed by atoms with Crippen LogP contribution in [0.2, 0.25) is 0 Å². The van der Waals surface area contributed by atoms with Gasteiger partial charge in [0.2, 0.25) is 0 Å². The van der Waals surface area contributed by atoms with Crippen LogP contribution in [0.1, 0.15) is 22.1 Å². The molecule has 0 fully saturated rings. The summed E-state index contributed by atoms with van der Waals surface area (Å²) in [5, 5.41) is 12.2. The first-order chi connectivity index (χ1) is 8.20. The van der Waals surface area contributed by atoms with Crippen molar-refractivity contribution in [1.82, 2.24) is 0 Å². The van der Waals surface area contributed by atoms with Crippen molar-refractivity contribution < 1.29 is 9.84 Å². The molecule has 2 rings (SSSR count). The first-order valence-corrected chi connectivity index (χ1v) is 6.43. The summed E-state index contributed by atoms with van der Waals surface area (Å²) < 4.78 is 5.21. The molecule has 0 saturated carbocycles. The van der Waals surface area contributed by atoms with E-state index < -0.39 is 6.10 Å². The topological polar surface area (TPSA) is 29.5 Å². The van der Waals surface area contributed by atoms with E-state index in [-0.39, 0.29) is 0 Å². The molecule has 1 heterocycles. The van der Waals surface area contributed by atoms with E-state index in [0.717, 1.165) is 16.9 Å². The van der Waals surface area contributed by atoms with E-state index in [1.807, 2.05) is 42.6 Å². The molecule has 0 spiro atoms. The number of benzene rings is 1. The highest BCUT2D eigenvalue weighted by Gasteiger charge is 2.10. The third-order valence-electron chi connectivity index (χ3n) is 2.78. The van der Waals surface area contributed by atoms with E-state index in [4.69, 9.17) is 4.74 Å². The van der Waals surface area contributed by atoms with Crippen molar-refractivity contribution in [1.29, 1.82) is 0 Å². The molecule has 0 amide bonds. The third kappa shape index (κ3) is 2.87. The average molecular weight is 248 g/mol. The molecular weight excluding hydrogens is 232 g/mol. The summed E-state index contributed by atoms with van der Waals surface area (Å²) in [6, 6.07) is 9.86. The minimum absolute atomic E-state index is 0.446. The van der Waals surface area contributed by atoms with Gasteiger partial charge in [0.1, 0.15) is 5.75 Å². The number of aliphatic hydroxyl groups is 1. The summed E-state index contributed by atoms with van der Waals surface area (Å²) in [4.78, 5) is 1.20. The summed E-state index contributed by atoms with van der Waals surface area (Å²) in [7, 11) is 1.66. The van der Waals surface area contributed by atoms with E-state index >= 15 is 0 Å². The van der Waals surface area contributed by atoms with Gasteiger partial charge < -0.3 is 9.84 Å². The number of thiophene rings is 1. The predicted octanol–water partition coefficient (Wildman–Crippen LogP) is 3.34. The van der Waals surface area contributed by atoms with E-state index in [9.17, 15) is 5.11 Å². The van der Waals surface area contributed by atoms with Crippen molar-refractivity contribution in [3.63, 3.8) is 0 Å². The van der Waals surface area contributed by atoms with Gasteiger partial charge in [-0.15, -0.1) is 11.3 Å². The molecule has 1 aromatic heterocycles. The quantitative estimate of drug-likeness (QED) is 0.899. The average Bonchev–Trinajstić information content (AvgIpc) is 2.81. The molecule has 0 radical (unpaired) electrons. The van der Waals surface area contributed by atoms with Crippen LogP contribution in [-0.2, 0) is 6.42 Å². The first-order valence-electron chi connectivity index (χ1n) is 5.55. The molecule has 0 saturated heterocycles. The standard InChI is InChI=1S/C14H16O2S/c1-10-8-11(5-6-14(10)16-2)13(15)9-12-4-3-7-17-12/h3-8,13,15H,9H2,1-2H3. The zero-order valence-corrected chi connectivity index (χ0v) is 10.8. The predicted molar refractivity (Wildman–Crippen MR) is 70.7 cm³/mol. The maximum Gasteiger partial charge on any atom is 0.121 e. The lowest BCUT2D eigenvalue weighted by atomic mass is 10.0. The largest absolute Gasteiger partial charge is 0.496 e. The molecule has 0 aliphatic carbocycles. The van der Waals surface area contributed by atoms with Crippen molar-refractivity contribution in [3.05, 3.63) is 51.7 Å². The van der Waals surface area contributed by atoms with Gasteiger partial charge in [-0.05, 0) is 41.6 Å². The zero-order valence-electron chi connectivity index (χ0n) is 10.0. The molecule has 0 bridgehead atoms. The third-order valence-corrected chi connectivity index (χ3v) is 3.68.